The lowest BCUT2D eigenvalue weighted by atomic mass is 10.3. The number of rotatable bonds is 3. The highest BCUT2D eigenvalue weighted by Gasteiger charge is 2.11. The molecule has 0 atom stereocenters. The lowest BCUT2D eigenvalue weighted by Crippen LogP contribution is -1.95. The van der Waals surface area contributed by atoms with Gasteiger partial charge in [0.2, 0.25) is 6.33 Å². The first kappa shape index (κ1) is 10.8. The highest BCUT2D eigenvalue weighted by molar-refractivity contribution is 7.18. The third kappa shape index (κ3) is 1.95. The predicted octanol–water partition coefficient (Wildman–Crippen LogP) is 2.45. The predicted molar refractivity (Wildman–Crippen MR) is 67.6 cm³/mol. The average molecular weight is 260 g/mol. The first-order valence-electron chi connectivity index (χ1n) is 5.23. The van der Waals surface area contributed by atoms with Crippen molar-refractivity contribution in [3.63, 3.8) is 0 Å². The maximum Gasteiger partial charge on any atom is 0.381 e. The lowest BCUT2D eigenvalue weighted by Gasteiger charge is -1.93. The van der Waals surface area contributed by atoms with Crippen LogP contribution in [0.4, 0.5) is 5.82 Å². The van der Waals surface area contributed by atoms with E-state index >= 15 is 0 Å². The Labute approximate surface area is 106 Å². The van der Waals surface area contributed by atoms with E-state index in [1.807, 2.05) is 24.3 Å². The van der Waals surface area contributed by atoms with E-state index in [1.54, 1.807) is 15.9 Å². The number of nitro groups is 1. The van der Waals surface area contributed by atoms with Gasteiger partial charge in [-0.3, -0.25) is 0 Å². The Morgan fingerprint density at radius 2 is 2.22 bits per heavy atom. The van der Waals surface area contributed by atoms with Crippen LogP contribution in [0.2, 0.25) is 0 Å². The van der Waals surface area contributed by atoms with E-state index in [1.165, 1.54) is 12.5 Å². The Kier molecular flexibility index (Phi) is 2.52. The first-order valence-corrected chi connectivity index (χ1v) is 6.04. The molecule has 0 saturated heterocycles. The van der Waals surface area contributed by atoms with Crippen molar-refractivity contribution in [3.8, 4) is 0 Å². The van der Waals surface area contributed by atoms with Gasteiger partial charge in [-0.1, -0.05) is 12.1 Å². The van der Waals surface area contributed by atoms with Gasteiger partial charge in [-0.05, 0) is 22.0 Å². The Morgan fingerprint density at radius 3 is 2.94 bits per heavy atom. The van der Waals surface area contributed by atoms with Gasteiger partial charge in [-0.25, -0.2) is 4.98 Å². The number of para-hydroxylation sites is 1. The molecule has 7 heteroatoms. The summed E-state index contributed by atoms with van der Waals surface area (Å²) in [7, 11) is 0. The fourth-order valence-electron chi connectivity index (χ4n) is 1.67. The maximum atomic E-state index is 10.5. The summed E-state index contributed by atoms with van der Waals surface area (Å²) >= 11 is 1.58. The van der Waals surface area contributed by atoms with Crippen molar-refractivity contribution >= 4 is 27.4 Å². The SMILES string of the molecule is O=[N+]([O-])c1cn(Cc2nc3ccccc3s2)cn1. The molecule has 0 aliphatic rings. The zero-order valence-electron chi connectivity index (χ0n) is 9.18. The minimum atomic E-state index is -0.505. The standard InChI is InChI=1S/C11H8N4O2S/c16-15(17)10-5-14(7-12-10)6-11-13-8-3-1-2-4-9(8)18-11/h1-5,7H,6H2. The molecule has 1 aromatic carbocycles. The van der Waals surface area contributed by atoms with Gasteiger partial charge < -0.3 is 14.7 Å². The molecule has 0 spiro atoms. The molecule has 2 aromatic heterocycles. The highest BCUT2D eigenvalue weighted by atomic mass is 32.1. The molecule has 6 nitrogen and oxygen atoms in total. The van der Waals surface area contributed by atoms with Gasteiger partial charge in [-0.15, -0.1) is 11.3 Å². The Hall–Kier alpha value is -2.28. The number of imidazole rings is 1. The number of benzene rings is 1. The van der Waals surface area contributed by atoms with E-state index in [2.05, 4.69) is 9.97 Å². The molecule has 3 rings (SSSR count). The lowest BCUT2D eigenvalue weighted by molar-refractivity contribution is -0.389. The van der Waals surface area contributed by atoms with Crippen LogP contribution in [-0.4, -0.2) is 19.5 Å². The topological polar surface area (TPSA) is 73.8 Å². The summed E-state index contributed by atoms with van der Waals surface area (Å²) in [6.07, 6.45) is 2.86. The molecule has 0 saturated carbocycles. The van der Waals surface area contributed by atoms with Gasteiger partial charge in [0.25, 0.3) is 0 Å². The van der Waals surface area contributed by atoms with E-state index < -0.39 is 4.92 Å². The summed E-state index contributed by atoms with van der Waals surface area (Å²) in [5.74, 6) is -0.142. The molecule has 0 radical (unpaired) electrons. The van der Waals surface area contributed by atoms with Crippen LogP contribution in [0.1, 0.15) is 5.01 Å². The van der Waals surface area contributed by atoms with E-state index in [0.29, 0.717) is 6.54 Å². The number of fused-ring (bicyclic) bond motifs is 1. The van der Waals surface area contributed by atoms with E-state index in [0.717, 1.165) is 15.2 Å². The molecule has 2 heterocycles. The summed E-state index contributed by atoms with van der Waals surface area (Å²) in [6.45, 7) is 0.500. The molecule has 18 heavy (non-hydrogen) atoms. The molecule has 0 fully saturated rings. The van der Waals surface area contributed by atoms with Crippen molar-refractivity contribution in [2.45, 2.75) is 6.54 Å². The summed E-state index contributed by atoms with van der Waals surface area (Å²) in [4.78, 5) is 18.2. The second kappa shape index (κ2) is 4.19. The minimum Gasteiger partial charge on any atom is -0.358 e. The van der Waals surface area contributed by atoms with Crippen LogP contribution in [0.25, 0.3) is 10.2 Å². The Balaban J connectivity index is 1.88. The van der Waals surface area contributed by atoms with Crippen LogP contribution in [-0.2, 0) is 6.54 Å². The van der Waals surface area contributed by atoms with Crippen LogP contribution in [0.5, 0.6) is 0 Å². The summed E-state index contributed by atoms with van der Waals surface area (Å²) in [5, 5.41) is 11.4. The average Bonchev–Trinajstić information content (AvgIpc) is 2.94. The molecular weight excluding hydrogens is 252 g/mol. The van der Waals surface area contributed by atoms with Gasteiger partial charge in [0.05, 0.1) is 16.8 Å². The molecule has 0 bridgehead atoms. The first-order chi connectivity index (χ1) is 8.72. The molecule has 0 N–H and O–H groups in total. The van der Waals surface area contributed by atoms with Gasteiger partial charge >= 0.3 is 5.82 Å². The van der Waals surface area contributed by atoms with Gasteiger partial charge in [0.1, 0.15) is 11.2 Å². The molecule has 90 valence electrons. The molecule has 0 amide bonds. The molecule has 0 aliphatic carbocycles. The van der Waals surface area contributed by atoms with Crippen molar-refractivity contribution in [3.05, 3.63) is 51.9 Å². The summed E-state index contributed by atoms with van der Waals surface area (Å²) in [5.41, 5.74) is 0.951. The van der Waals surface area contributed by atoms with Gasteiger partial charge in [0, 0.05) is 0 Å². The fourth-order valence-corrected chi connectivity index (χ4v) is 2.65. The van der Waals surface area contributed by atoms with Gasteiger partial charge in [-0.2, -0.15) is 0 Å². The van der Waals surface area contributed by atoms with Crippen LogP contribution < -0.4 is 0 Å². The molecule has 0 unspecified atom stereocenters. The monoisotopic (exact) mass is 260 g/mol. The normalized spacial score (nSPS) is 10.9. The van der Waals surface area contributed by atoms with Crippen molar-refractivity contribution in [2.75, 3.05) is 0 Å². The maximum absolute atomic E-state index is 10.5. The number of hydrogen-bond donors (Lipinski definition) is 0. The van der Waals surface area contributed by atoms with Gasteiger partial charge in [0.15, 0.2) is 0 Å². The van der Waals surface area contributed by atoms with Crippen LogP contribution in [0, 0.1) is 10.1 Å². The second-order valence-corrected chi connectivity index (χ2v) is 4.85. The van der Waals surface area contributed by atoms with Crippen molar-refractivity contribution < 1.29 is 4.92 Å². The third-order valence-corrected chi connectivity index (χ3v) is 3.48. The van der Waals surface area contributed by atoms with Crippen LogP contribution in [0.3, 0.4) is 0 Å². The summed E-state index contributed by atoms with van der Waals surface area (Å²) < 4.78 is 2.78. The number of thiazole rings is 1. The van der Waals surface area contributed by atoms with Crippen molar-refractivity contribution in [1.29, 1.82) is 0 Å². The summed E-state index contributed by atoms with van der Waals surface area (Å²) in [6, 6.07) is 7.86. The Morgan fingerprint density at radius 1 is 1.39 bits per heavy atom. The van der Waals surface area contributed by atoms with Crippen molar-refractivity contribution in [2.24, 2.45) is 0 Å². The second-order valence-electron chi connectivity index (χ2n) is 3.74. The third-order valence-electron chi connectivity index (χ3n) is 2.46. The fraction of sp³-hybridized carbons (Fsp3) is 0.0909. The zero-order valence-corrected chi connectivity index (χ0v) is 10.0. The quantitative estimate of drug-likeness (QED) is 0.535. The number of nitrogens with zero attached hydrogens (tertiary/aromatic N) is 4. The number of hydrogen-bond acceptors (Lipinski definition) is 5. The van der Waals surface area contributed by atoms with E-state index in [9.17, 15) is 10.1 Å². The Bertz CT molecular complexity index is 685. The van der Waals surface area contributed by atoms with Crippen LogP contribution in [0.15, 0.2) is 36.8 Å². The minimum absolute atomic E-state index is 0.142. The van der Waals surface area contributed by atoms with Crippen LogP contribution >= 0.6 is 11.3 Å². The molecule has 3 aromatic rings. The van der Waals surface area contributed by atoms with Crippen molar-refractivity contribution in [1.82, 2.24) is 14.5 Å². The smallest absolute Gasteiger partial charge is 0.358 e. The molecule has 0 aliphatic heterocycles. The highest BCUT2D eigenvalue weighted by Crippen LogP contribution is 2.22. The molecular formula is C11H8N4O2S. The zero-order chi connectivity index (χ0) is 12.5. The largest absolute Gasteiger partial charge is 0.381 e. The van der Waals surface area contributed by atoms with E-state index in [4.69, 9.17) is 0 Å². The van der Waals surface area contributed by atoms with E-state index in [-0.39, 0.29) is 5.82 Å². The number of aromatic nitrogens is 3.